The zero-order chi connectivity index (χ0) is 22.4. The van der Waals surface area contributed by atoms with E-state index in [1.54, 1.807) is 6.92 Å². The summed E-state index contributed by atoms with van der Waals surface area (Å²) in [6.45, 7) is 9.73. The van der Waals surface area contributed by atoms with Crippen LogP contribution in [0.3, 0.4) is 0 Å². The molecule has 1 aliphatic rings. The van der Waals surface area contributed by atoms with Crippen LogP contribution >= 0.6 is 0 Å². The number of ether oxygens (including phenoxy) is 4. The Morgan fingerprint density at radius 3 is 2.47 bits per heavy atom. The lowest BCUT2D eigenvalue weighted by atomic mass is 10.1. The number of nitrogens with one attached hydrogen (secondary N) is 1. The van der Waals surface area contributed by atoms with E-state index in [0.717, 1.165) is 4.57 Å². The van der Waals surface area contributed by atoms with Crippen molar-refractivity contribution in [2.24, 2.45) is 0 Å². The maximum Gasteiger partial charge on any atom is 0.412 e. The van der Waals surface area contributed by atoms with Gasteiger partial charge in [0, 0.05) is 25.6 Å². The van der Waals surface area contributed by atoms with Crippen LogP contribution in [0.4, 0.5) is 10.6 Å². The van der Waals surface area contributed by atoms with Gasteiger partial charge in [-0.1, -0.05) is 19.6 Å². The third kappa shape index (κ3) is 5.44. The lowest BCUT2D eigenvalue weighted by molar-refractivity contribution is -0.165. The molecule has 0 aliphatic carbocycles. The van der Waals surface area contributed by atoms with E-state index in [1.165, 1.54) is 26.1 Å². The monoisotopic (exact) mass is 423 g/mol. The minimum Gasteiger partial charge on any atom is -0.456 e. The van der Waals surface area contributed by atoms with Crippen molar-refractivity contribution in [1.82, 2.24) is 9.55 Å². The Morgan fingerprint density at radius 2 is 1.90 bits per heavy atom. The molecule has 0 spiro atoms. The molecule has 2 heterocycles. The van der Waals surface area contributed by atoms with Crippen LogP contribution in [0.2, 0.25) is 0 Å². The van der Waals surface area contributed by atoms with Gasteiger partial charge in [0.05, 0.1) is 12.7 Å². The number of hydrogen-bond acceptors (Lipinski definition) is 9. The first-order chi connectivity index (χ1) is 14.2. The molecule has 0 unspecified atom stereocenters. The van der Waals surface area contributed by atoms with Crippen LogP contribution < -0.4 is 11.0 Å². The van der Waals surface area contributed by atoms with Gasteiger partial charge in [-0.2, -0.15) is 4.98 Å². The molecule has 1 fully saturated rings. The summed E-state index contributed by atoms with van der Waals surface area (Å²) in [6, 6.07) is 0. The first-order valence-corrected chi connectivity index (χ1v) is 9.37. The average Bonchev–Trinajstić information content (AvgIpc) is 2.95. The molecule has 1 N–H and O–H groups in total. The molecular formula is C19H25N3O8. The van der Waals surface area contributed by atoms with Crippen molar-refractivity contribution in [2.45, 2.75) is 58.7 Å². The summed E-state index contributed by atoms with van der Waals surface area (Å²) in [5.74, 6) is -1.27. The maximum absolute atomic E-state index is 12.7. The molecule has 4 atom stereocenters. The topological polar surface area (TPSA) is 135 Å². The second-order valence-electron chi connectivity index (χ2n) is 6.58. The lowest BCUT2D eigenvalue weighted by Crippen LogP contribution is -2.40. The number of nitrogens with zero attached hydrogens (tertiary/aromatic N) is 2. The van der Waals surface area contributed by atoms with Gasteiger partial charge in [-0.15, -0.1) is 0 Å². The molecule has 1 aliphatic heterocycles. The van der Waals surface area contributed by atoms with Crippen LogP contribution in [0.5, 0.6) is 0 Å². The summed E-state index contributed by atoms with van der Waals surface area (Å²) in [5.41, 5.74) is -0.485. The number of carbonyl (C=O) groups is 3. The summed E-state index contributed by atoms with van der Waals surface area (Å²) in [7, 11) is 0. The summed E-state index contributed by atoms with van der Waals surface area (Å²) < 4.78 is 22.3. The zero-order valence-corrected chi connectivity index (χ0v) is 17.2. The quantitative estimate of drug-likeness (QED) is 0.512. The number of hydrogen-bond donors (Lipinski definition) is 1. The molecule has 0 saturated carbocycles. The molecule has 1 saturated heterocycles. The summed E-state index contributed by atoms with van der Waals surface area (Å²) in [6.07, 6.45) is -1.16. The molecular weight excluding hydrogens is 398 g/mol. The van der Waals surface area contributed by atoms with Gasteiger partial charge >= 0.3 is 23.7 Å². The second-order valence-corrected chi connectivity index (χ2v) is 6.58. The largest absolute Gasteiger partial charge is 0.456 e. The molecule has 0 radical (unpaired) electrons. The predicted octanol–water partition coefficient (Wildman–Crippen LogP) is 1.63. The molecule has 164 valence electrons. The number of carbonyl (C=O) groups excluding carboxylic acids is 3. The van der Waals surface area contributed by atoms with Gasteiger partial charge in [0.25, 0.3) is 0 Å². The number of aromatic nitrogens is 2. The van der Waals surface area contributed by atoms with Crippen molar-refractivity contribution < 1.29 is 33.3 Å². The van der Waals surface area contributed by atoms with E-state index in [-0.39, 0.29) is 12.4 Å². The molecule has 0 aromatic carbocycles. The molecule has 11 heteroatoms. The van der Waals surface area contributed by atoms with Crippen molar-refractivity contribution in [3.63, 3.8) is 0 Å². The van der Waals surface area contributed by atoms with Crippen LogP contribution in [0, 0.1) is 0 Å². The smallest absolute Gasteiger partial charge is 0.412 e. The van der Waals surface area contributed by atoms with Gasteiger partial charge in [-0.3, -0.25) is 19.5 Å². The minimum atomic E-state index is -1.10. The summed E-state index contributed by atoms with van der Waals surface area (Å²) in [4.78, 5) is 51.3. The zero-order valence-electron chi connectivity index (χ0n) is 17.2. The van der Waals surface area contributed by atoms with Gasteiger partial charge in [0.15, 0.2) is 18.4 Å². The highest BCUT2D eigenvalue weighted by Gasteiger charge is 2.48. The highest BCUT2D eigenvalue weighted by molar-refractivity contribution is 5.85. The minimum absolute atomic E-state index is 0.0426. The maximum atomic E-state index is 12.7. The fourth-order valence-electron chi connectivity index (χ4n) is 2.94. The first-order valence-electron chi connectivity index (χ1n) is 9.37. The van der Waals surface area contributed by atoms with Crippen LogP contribution in [-0.2, 0) is 28.5 Å². The van der Waals surface area contributed by atoms with Crippen molar-refractivity contribution in [1.29, 1.82) is 0 Å². The molecule has 1 amide bonds. The van der Waals surface area contributed by atoms with Gasteiger partial charge in [0.1, 0.15) is 5.82 Å². The highest BCUT2D eigenvalue weighted by Crippen LogP contribution is 2.33. The van der Waals surface area contributed by atoms with Gasteiger partial charge in [-0.05, 0) is 13.3 Å². The molecule has 1 aromatic rings. The van der Waals surface area contributed by atoms with E-state index in [2.05, 4.69) is 16.9 Å². The first kappa shape index (κ1) is 23.1. The fraction of sp³-hybridized carbons (Fsp3) is 0.526. The predicted molar refractivity (Wildman–Crippen MR) is 105 cm³/mol. The average molecular weight is 423 g/mol. The van der Waals surface area contributed by atoms with Crippen molar-refractivity contribution in [3.05, 3.63) is 28.8 Å². The Morgan fingerprint density at radius 1 is 1.27 bits per heavy atom. The van der Waals surface area contributed by atoms with Crippen molar-refractivity contribution in [3.8, 4) is 0 Å². The molecule has 2 rings (SSSR count). The van der Waals surface area contributed by atoms with E-state index < -0.39 is 48.3 Å². The van der Waals surface area contributed by atoms with Gasteiger partial charge < -0.3 is 18.9 Å². The fourth-order valence-corrected chi connectivity index (χ4v) is 2.94. The van der Waals surface area contributed by atoms with Crippen molar-refractivity contribution >= 4 is 29.9 Å². The Labute approximate surface area is 173 Å². The van der Waals surface area contributed by atoms with E-state index >= 15 is 0 Å². The summed E-state index contributed by atoms with van der Waals surface area (Å²) >= 11 is 0. The SMILES string of the molecule is C=Cc1cn([C@@H]2O[C@H](C)[C@@H](OC(C)=O)[C@H]2OC(C)=O)c(=O)nc1NC(=O)OCCC. The number of anilines is 1. The standard InChI is InChI=1S/C19H25N3O8/c1-6-8-27-19(26)21-16-13(7-2)9-22(18(25)20-16)17-15(30-12(5)24)14(10(3)28-17)29-11(4)23/h7,9-10,14-15,17H,2,6,8H2,1,3-5H3,(H,20,21,25,26)/t10-,14-,15-,17-/m1/s1. The third-order valence-electron chi connectivity index (χ3n) is 4.16. The van der Waals surface area contributed by atoms with Crippen LogP contribution in [-0.4, -0.2) is 52.5 Å². The molecule has 30 heavy (non-hydrogen) atoms. The Bertz CT molecular complexity index is 881. The van der Waals surface area contributed by atoms with E-state index in [4.69, 9.17) is 18.9 Å². The van der Waals surface area contributed by atoms with E-state index in [9.17, 15) is 19.2 Å². The number of rotatable bonds is 7. The van der Waals surface area contributed by atoms with Gasteiger partial charge in [-0.25, -0.2) is 9.59 Å². The highest BCUT2D eigenvalue weighted by atomic mass is 16.6. The van der Waals surface area contributed by atoms with Crippen molar-refractivity contribution in [2.75, 3.05) is 11.9 Å². The Kier molecular flexibility index (Phi) is 7.70. The van der Waals surface area contributed by atoms with Crippen LogP contribution in [0.25, 0.3) is 6.08 Å². The molecule has 0 bridgehead atoms. The van der Waals surface area contributed by atoms with Gasteiger partial charge in [0.2, 0.25) is 0 Å². The number of esters is 2. The molecule has 11 nitrogen and oxygen atoms in total. The lowest BCUT2D eigenvalue weighted by Gasteiger charge is -2.24. The van der Waals surface area contributed by atoms with E-state index in [1.807, 2.05) is 6.92 Å². The third-order valence-corrected chi connectivity index (χ3v) is 4.16. The van der Waals surface area contributed by atoms with E-state index in [0.29, 0.717) is 12.0 Å². The molecule has 1 aromatic heterocycles. The Hall–Kier alpha value is -3.21. The second kappa shape index (κ2) is 10.0. The van der Waals surface area contributed by atoms with Crippen LogP contribution in [0.1, 0.15) is 45.9 Å². The number of amides is 1. The van der Waals surface area contributed by atoms with Crippen LogP contribution in [0.15, 0.2) is 17.6 Å². The summed E-state index contributed by atoms with van der Waals surface area (Å²) in [5, 5.41) is 2.39. The Balaban J connectivity index is 2.40. The normalized spacial score (nSPS) is 22.8.